The summed E-state index contributed by atoms with van der Waals surface area (Å²) >= 11 is 6.01. The smallest absolute Gasteiger partial charge is 0.324 e. The molecule has 4 rings (SSSR count). The number of aromatic nitrogens is 5. The maximum atomic E-state index is 14.2. The summed E-state index contributed by atoms with van der Waals surface area (Å²) in [5.41, 5.74) is 0.538. The topological polar surface area (TPSA) is 72.9 Å². The van der Waals surface area contributed by atoms with Crippen LogP contribution in [-0.4, -0.2) is 37.8 Å². The summed E-state index contributed by atoms with van der Waals surface area (Å²) in [6, 6.07) is 0.692. The molecule has 0 N–H and O–H groups in total. The van der Waals surface area contributed by atoms with E-state index in [-0.39, 0.29) is 28.3 Å². The van der Waals surface area contributed by atoms with Crippen LogP contribution in [-0.2, 0) is 0 Å². The first kappa shape index (κ1) is 16.3. The van der Waals surface area contributed by atoms with Crippen LogP contribution >= 0.6 is 11.6 Å². The molecule has 0 atom stereocenters. The van der Waals surface area contributed by atoms with Crippen molar-refractivity contribution in [3.63, 3.8) is 0 Å². The normalized spacial score (nSPS) is 16.3. The van der Waals surface area contributed by atoms with Gasteiger partial charge in [-0.05, 0) is 12.8 Å². The van der Waals surface area contributed by atoms with Crippen LogP contribution in [0, 0.1) is 5.82 Å². The maximum absolute atomic E-state index is 14.2. The summed E-state index contributed by atoms with van der Waals surface area (Å²) in [5.74, 6) is 0.553. The SMILES string of the molecule is CC(C)c1noc(N2CCC(n3cc(F)c4c(Cl)ncnc43)CC2)n1. The molecule has 132 valence electrons. The Kier molecular flexibility index (Phi) is 4.07. The quantitative estimate of drug-likeness (QED) is 0.661. The van der Waals surface area contributed by atoms with E-state index in [1.54, 1.807) is 0 Å². The zero-order valence-electron chi connectivity index (χ0n) is 14.0. The van der Waals surface area contributed by atoms with Gasteiger partial charge in [0.25, 0.3) is 0 Å². The first-order valence-corrected chi connectivity index (χ1v) is 8.67. The van der Waals surface area contributed by atoms with Crippen molar-refractivity contribution in [1.82, 2.24) is 24.7 Å². The van der Waals surface area contributed by atoms with Crippen LogP contribution in [0.5, 0.6) is 0 Å². The lowest BCUT2D eigenvalue weighted by Crippen LogP contribution is -2.34. The van der Waals surface area contributed by atoms with Gasteiger partial charge >= 0.3 is 6.01 Å². The molecule has 0 aliphatic carbocycles. The van der Waals surface area contributed by atoms with Crippen molar-refractivity contribution < 1.29 is 8.91 Å². The predicted octanol–water partition coefficient (Wildman–Crippen LogP) is 3.57. The summed E-state index contributed by atoms with van der Waals surface area (Å²) in [5, 5.41) is 4.43. The Balaban J connectivity index is 1.53. The zero-order valence-corrected chi connectivity index (χ0v) is 14.7. The number of hydrogen-bond donors (Lipinski definition) is 0. The molecule has 1 aliphatic heterocycles. The Morgan fingerprint density at radius 2 is 2.04 bits per heavy atom. The minimum atomic E-state index is -0.387. The highest BCUT2D eigenvalue weighted by molar-refractivity contribution is 6.34. The molecule has 7 nitrogen and oxygen atoms in total. The Labute approximate surface area is 148 Å². The number of rotatable bonds is 3. The minimum Gasteiger partial charge on any atom is -0.326 e. The van der Waals surface area contributed by atoms with Crippen molar-refractivity contribution in [2.75, 3.05) is 18.0 Å². The van der Waals surface area contributed by atoms with Crippen molar-refractivity contribution in [1.29, 1.82) is 0 Å². The monoisotopic (exact) mass is 364 g/mol. The van der Waals surface area contributed by atoms with E-state index < -0.39 is 0 Å². The second-order valence-corrected chi connectivity index (χ2v) is 6.91. The van der Waals surface area contributed by atoms with E-state index in [0.29, 0.717) is 17.5 Å². The van der Waals surface area contributed by atoms with Gasteiger partial charge in [-0.25, -0.2) is 14.4 Å². The molecular weight excluding hydrogens is 347 g/mol. The number of halogens is 2. The molecule has 1 saturated heterocycles. The fourth-order valence-corrected chi connectivity index (χ4v) is 3.43. The number of anilines is 1. The van der Waals surface area contributed by atoms with Crippen LogP contribution in [0.2, 0.25) is 5.15 Å². The van der Waals surface area contributed by atoms with Crippen molar-refractivity contribution in [3.8, 4) is 0 Å². The standard InChI is InChI=1S/C16H18ClFN6O/c1-9(2)14-21-16(25-22-14)23-5-3-10(4-6-23)24-7-11(18)12-13(17)19-8-20-15(12)24/h7-10H,3-6H2,1-2H3. The van der Waals surface area contributed by atoms with Crippen LogP contribution in [0.25, 0.3) is 11.0 Å². The van der Waals surface area contributed by atoms with E-state index >= 15 is 0 Å². The van der Waals surface area contributed by atoms with E-state index in [1.165, 1.54) is 12.5 Å². The summed E-state index contributed by atoms with van der Waals surface area (Å²) in [7, 11) is 0. The number of piperidine rings is 1. The minimum absolute atomic E-state index is 0.140. The van der Waals surface area contributed by atoms with E-state index in [0.717, 1.165) is 25.9 Å². The van der Waals surface area contributed by atoms with Crippen molar-refractivity contribution in [2.45, 2.75) is 38.6 Å². The van der Waals surface area contributed by atoms with E-state index in [2.05, 4.69) is 25.0 Å². The lowest BCUT2D eigenvalue weighted by molar-refractivity contribution is 0.360. The van der Waals surface area contributed by atoms with Crippen LogP contribution in [0.15, 0.2) is 17.0 Å². The molecule has 3 aromatic rings. The zero-order chi connectivity index (χ0) is 17.6. The molecule has 3 aromatic heterocycles. The van der Waals surface area contributed by atoms with Gasteiger partial charge in [0, 0.05) is 31.2 Å². The lowest BCUT2D eigenvalue weighted by Gasteiger charge is -2.31. The highest BCUT2D eigenvalue weighted by Gasteiger charge is 2.27. The third kappa shape index (κ3) is 2.84. The maximum Gasteiger partial charge on any atom is 0.324 e. The molecular formula is C16H18ClFN6O. The molecule has 4 heterocycles. The second kappa shape index (κ2) is 6.25. The Hall–Kier alpha value is -2.22. The van der Waals surface area contributed by atoms with E-state index in [4.69, 9.17) is 16.1 Å². The molecule has 1 aliphatic rings. The van der Waals surface area contributed by atoms with Gasteiger partial charge in [-0.15, -0.1) is 0 Å². The molecule has 0 bridgehead atoms. The molecule has 0 amide bonds. The highest BCUT2D eigenvalue weighted by Crippen LogP contribution is 2.32. The highest BCUT2D eigenvalue weighted by atomic mass is 35.5. The number of hydrogen-bond acceptors (Lipinski definition) is 6. The van der Waals surface area contributed by atoms with Gasteiger partial charge < -0.3 is 14.0 Å². The lowest BCUT2D eigenvalue weighted by atomic mass is 10.1. The van der Waals surface area contributed by atoms with Crippen LogP contribution in [0.3, 0.4) is 0 Å². The van der Waals surface area contributed by atoms with Gasteiger partial charge in [0.15, 0.2) is 11.6 Å². The van der Waals surface area contributed by atoms with E-state index in [1.807, 2.05) is 18.4 Å². The average molecular weight is 365 g/mol. The fourth-order valence-electron chi connectivity index (χ4n) is 3.21. The Morgan fingerprint density at radius 3 is 2.72 bits per heavy atom. The van der Waals surface area contributed by atoms with Gasteiger partial charge in [0.1, 0.15) is 17.1 Å². The molecule has 25 heavy (non-hydrogen) atoms. The van der Waals surface area contributed by atoms with Crippen molar-refractivity contribution in [3.05, 3.63) is 29.3 Å². The van der Waals surface area contributed by atoms with Gasteiger partial charge in [0.2, 0.25) is 0 Å². The summed E-state index contributed by atoms with van der Waals surface area (Å²) in [4.78, 5) is 14.6. The van der Waals surface area contributed by atoms with Gasteiger partial charge in [0.05, 0.1) is 5.39 Å². The first-order valence-electron chi connectivity index (χ1n) is 8.29. The third-order valence-electron chi connectivity index (χ3n) is 4.59. The van der Waals surface area contributed by atoms with Crippen LogP contribution in [0.1, 0.15) is 44.5 Å². The third-order valence-corrected chi connectivity index (χ3v) is 4.88. The molecule has 0 radical (unpaired) electrons. The molecule has 9 heteroatoms. The molecule has 1 fully saturated rings. The van der Waals surface area contributed by atoms with Crippen LogP contribution < -0.4 is 4.90 Å². The summed E-state index contributed by atoms with van der Waals surface area (Å²) < 4.78 is 21.4. The molecule has 0 saturated carbocycles. The fraction of sp³-hybridized carbons (Fsp3) is 0.500. The molecule has 0 unspecified atom stereocenters. The molecule has 0 spiro atoms. The summed E-state index contributed by atoms with van der Waals surface area (Å²) in [6.45, 7) is 5.56. The molecule has 0 aromatic carbocycles. The van der Waals surface area contributed by atoms with Crippen LogP contribution in [0.4, 0.5) is 10.4 Å². The predicted molar refractivity (Wildman–Crippen MR) is 91.4 cm³/mol. The second-order valence-electron chi connectivity index (χ2n) is 6.56. The van der Waals surface area contributed by atoms with E-state index in [9.17, 15) is 4.39 Å². The number of fused-ring (bicyclic) bond motifs is 1. The van der Waals surface area contributed by atoms with Gasteiger partial charge in [-0.3, -0.25) is 0 Å². The number of nitrogens with zero attached hydrogens (tertiary/aromatic N) is 6. The van der Waals surface area contributed by atoms with Crippen molar-refractivity contribution in [2.24, 2.45) is 0 Å². The first-order chi connectivity index (χ1) is 12.0. The summed E-state index contributed by atoms with van der Waals surface area (Å²) in [6.07, 6.45) is 4.48. The Morgan fingerprint density at radius 1 is 1.28 bits per heavy atom. The largest absolute Gasteiger partial charge is 0.326 e. The Bertz CT molecular complexity index is 899. The van der Waals surface area contributed by atoms with Gasteiger partial charge in [-0.1, -0.05) is 30.6 Å². The van der Waals surface area contributed by atoms with Crippen molar-refractivity contribution >= 4 is 28.6 Å². The van der Waals surface area contributed by atoms with Gasteiger partial charge in [-0.2, -0.15) is 4.98 Å². The average Bonchev–Trinajstić information content (AvgIpc) is 3.21.